The largest absolute Gasteiger partial charge is 0.496 e. The lowest BCUT2D eigenvalue weighted by molar-refractivity contribution is 0.174. The number of benzene rings is 1. The van der Waals surface area contributed by atoms with Crippen molar-refractivity contribution in [1.29, 1.82) is 0 Å². The summed E-state index contributed by atoms with van der Waals surface area (Å²) in [5.41, 5.74) is 4.09. The van der Waals surface area contributed by atoms with E-state index in [9.17, 15) is 5.11 Å². The van der Waals surface area contributed by atoms with E-state index in [2.05, 4.69) is 11.0 Å². The second-order valence-electron chi connectivity index (χ2n) is 6.34. The fraction of sp³-hybridized carbons (Fsp3) is 0.500. The lowest BCUT2D eigenvalue weighted by atomic mass is 10.0. The number of likely N-dealkylation sites (tertiary alicyclic amines) is 1. The predicted molar refractivity (Wildman–Crippen MR) is 88.6 cm³/mol. The summed E-state index contributed by atoms with van der Waals surface area (Å²) >= 11 is 0. The Bertz CT molecular complexity index is 709. The van der Waals surface area contributed by atoms with Crippen molar-refractivity contribution in [1.82, 2.24) is 9.88 Å². The molecule has 3 rings (SSSR count). The molecule has 1 aromatic heterocycles. The Labute approximate surface area is 136 Å². The van der Waals surface area contributed by atoms with E-state index in [1.807, 2.05) is 26.8 Å². The first-order chi connectivity index (χ1) is 11.0. The summed E-state index contributed by atoms with van der Waals surface area (Å²) in [6.45, 7) is 8.34. The number of aliphatic hydroxyl groups is 1. The number of β-amino-alcohol motifs (C(OH)–C–C–N with tert-alkyl or cyclic N) is 1. The Balaban J connectivity index is 1.87. The molecule has 1 saturated heterocycles. The van der Waals surface area contributed by atoms with Gasteiger partial charge >= 0.3 is 0 Å². The molecule has 0 aliphatic carbocycles. The van der Waals surface area contributed by atoms with Crippen molar-refractivity contribution in [3.8, 4) is 17.2 Å². The number of rotatable bonds is 4. The van der Waals surface area contributed by atoms with Gasteiger partial charge in [-0.25, -0.2) is 4.98 Å². The topological polar surface area (TPSA) is 58.7 Å². The molecule has 124 valence electrons. The first-order valence-corrected chi connectivity index (χ1v) is 8.00. The normalized spacial score (nSPS) is 18.6. The average molecular weight is 316 g/mol. The van der Waals surface area contributed by atoms with Gasteiger partial charge in [-0.05, 0) is 50.5 Å². The minimum Gasteiger partial charge on any atom is -0.496 e. The number of oxazole rings is 1. The van der Waals surface area contributed by atoms with Gasteiger partial charge in [0.1, 0.15) is 11.5 Å². The molecule has 1 aromatic carbocycles. The second kappa shape index (κ2) is 6.34. The van der Waals surface area contributed by atoms with Gasteiger partial charge in [0, 0.05) is 25.2 Å². The highest BCUT2D eigenvalue weighted by Gasteiger charge is 2.23. The highest BCUT2D eigenvalue weighted by molar-refractivity contribution is 5.62. The van der Waals surface area contributed by atoms with Gasteiger partial charge < -0.3 is 14.3 Å². The molecule has 0 amide bonds. The zero-order valence-corrected chi connectivity index (χ0v) is 14.2. The molecule has 0 unspecified atom stereocenters. The van der Waals surface area contributed by atoms with Gasteiger partial charge in [-0.2, -0.15) is 0 Å². The summed E-state index contributed by atoms with van der Waals surface area (Å²) in [7, 11) is 1.68. The van der Waals surface area contributed by atoms with Crippen molar-refractivity contribution in [3.63, 3.8) is 0 Å². The maximum atomic E-state index is 9.65. The molecule has 2 aromatic rings. The van der Waals surface area contributed by atoms with Crippen LogP contribution >= 0.6 is 0 Å². The zero-order chi connectivity index (χ0) is 16.6. The molecule has 0 radical (unpaired) electrons. The Hall–Kier alpha value is -1.85. The van der Waals surface area contributed by atoms with Gasteiger partial charge in [0.05, 0.1) is 18.9 Å². The smallest absolute Gasteiger partial charge is 0.226 e. The van der Waals surface area contributed by atoms with E-state index in [1.165, 1.54) is 0 Å². The fourth-order valence-electron chi connectivity index (χ4n) is 3.10. The first kappa shape index (κ1) is 16.0. The summed E-state index contributed by atoms with van der Waals surface area (Å²) in [6.07, 6.45) is 0.619. The molecule has 0 saturated carbocycles. The maximum Gasteiger partial charge on any atom is 0.226 e. The van der Waals surface area contributed by atoms with Gasteiger partial charge in [-0.1, -0.05) is 0 Å². The molecule has 1 atom stereocenters. The minimum absolute atomic E-state index is 0.215. The van der Waals surface area contributed by atoms with E-state index >= 15 is 0 Å². The molecule has 5 nitrogen and oxygen atoms in total. The van der Waals surface area contributed by atoms with Crippen molar-refractivity contribution >= 4 is 0 Å². The van der Waals surface area contributed by atoms with Crippen LogP contribution in [0.25, 0.3) is 11.5 Å². The molecular formula is C18H24N2O3. The minimum atomic E-state index is -0.215. The van der Waals surface area contributed by atoms with Crippen molar-refractivity contribution < 1.29 is 14.3 Å². The first-order valence-electron chi connectivity index (χ1n) is 8.00. The molecule has 1 aliphatic rings. The van der Waals surface area contributed by atoms with E-state index in [0.717, 1.165) is 53.4 Å². The van der Waals surface area contributed by atoms with Crippen LogP contribution in [0.15, 0.2) is 16.5 Å². The molecular weight excluding hydrogens is 292 g/mol. The monoisotopic (exact) mass is 316 g/mol. The maximum absolute atomic E-state index is 9.65. The number of ether oxygens (including phenoxy) is 1. The zero-order valence-electron chi connectivity index (χ0n) is 14.2. The fourth-order valence-corrected chi connectivity index (χ4v) is 3.10. The third-order valence-corrected chi connectivity index (χ3v) is 4.49. The van der Waals surface area contributed by atoms with Crippen LogP contribution in [-0.4, -0.2) is 41.3 Å². The molecule has 0 spiro atoms. The summed E-state index contributed by atoms with van der Waals surface area (Å²) in [4.78, 5) is 6.91. The molecule has 1 fully saturated rings. The highest BCUT2D eigenvalue weighted by Crippen LogP contribution is 2.31. The summed E-state index contributed by atoms with van der Waals surface area (Å²) < 4.78 is 11.3. The number of nitrogens with zero attached hydrogens (tertiary/aromatic N) is 2. The second-order valence-corrected chi connectivity index (χ2v) is 6.34. The van der Waals surface area contributed by atoms with Crippen molar-refractivity contribution in [2.45, 2.75) is 39.8 Å². The van der Waals surface area contributed by atoms with Gasteiger partial charge in [0.2, 0.25) is 5.89 Å². The number of aliphatic hydroxyl groups excluding tert-OH is 1. The standard InChI is InChI=1S/C18H24N2O3/c1-11-8-17(22-4)12(2)7-15(11)18-19-16(13(3)23-18)10-20-6-5-14(21)9-20/h7-8,14,21H,5-6,9-10H2,1-4H3/t14-/m1/s1. The molecule has 5 heteroatoms. The quantitative estimate of drug-likeness (QED) is 0.940. The summed E-state index contributed by atoms with van der Waals surface area (Å²) in [6, 6.07) is 4.07. The number of methoxy groups -OCH3 is 1. The van der Waals surface area contributed by atoms with Crippen LogP contribution in [-0.2, 0) is 6.54 Å². The van der Waals surface area contributed by atoms with Gasteiger partial charge in [-0.3, -0.25) is 4.90 Å². The van der Waals surface area contributed by atoms with Crippen molar-refractivity contribution in [2.24, 2.45) is 0 Å². The number of aryl methyl sites for hydroxylation is 3. The van der Waals surface area contributed by atoms with Crippen LogP contribution in [0.2, 0.25) is 0 Å². The molecule has 1 N–H and O–H groups in total. The van der Waals surface area contributed by atoms with E-state index in [0.29, 0.717) is 12.4 Å². The molecule has 0 bridgehead atoms. The van der Waals surface area contributed by atoms with E-state index in [4.69, 9.17) is 14.1 Å². The molecule has 2 heterocycles. The van der Waals surface area contributed by atoms with E-state index in [1.54, 1.807) is 7.11 Å². The van der Waals surface area contributed by atoms with Gasteiger partial charge in [0.15, 0.2) is 0 Å². The lowest BCUT2D eigenvalue weighted by Crippen LogP contribution is -2.22. The Morgan fingerprint density at radius 2 is 2.09 bits per heavy atom. The SMILES string of the molecule is COc1cc(C)c(-c2nc(CN3CC[C@@H](O)C3)c(C)o2)cc1C. The average Bonchev–Trinajstić information content (AvgIpc) is 3.08. The van der Waals surface area contributed by atoms with Crippen LogP contribution in [0.5, 0.6) is 5.75 Å². The Morgan fingerprint density at radius 1 is 1.30 bits per heavy atom. The highest BCUT2D eigenvalue weighted by atomic mass is 16.5. The van der Waals surface area contributed by atoms with Crippen LogP contribution in [0.1, 0.15) is 29.0 Å². The van der Waals surface area contributed by atoms with Crippen molar-refractivity contribution in [3.05, 3.63) is 34.7 Å². The lowest BCUT2D eigenvalue weighted by Gasteiger charge is -2.12. The third-order valence-electron chi connectivity index (χ3n) is 4.49. The van der Waals surface area contributed by atoms with Crippen molar-refractivity contribution in [2.75, 3.05) is 20.2 Å². The van der Waals surface area contributed by atoms with Crippen LogP contribution in [0, 0.1) is 20.8 Å². The predicted octanol–water partition coefficient (Wildman–Crippen LogP) is 2.84. The Morgan fingerprint density at radius 3 is 2.74 bits per heavy atom. The van der Waals surface area contributed by atoms with Gasteiger partial charge in [-0.15, -0.1) is 0 Å². The van der Waals surface area contributed by atoms with Gasteiger partial charge in [0.25, 0.3) is 0 Å². The summed E-state index contributed by atoms with van der Waals surface area (Å²) in [5, 5.41) is 9.65. The molecule has 1 aliphatic heterocycles. The van der Waals surface area contributed by atoms with E-state index < -0.39 is 0 Å². The van der Waals surface area contributed by atoms with Crippen LogP contribution < -0.4 is 4.74 Å². The Kier molecular flexibility index (Phi) is 4.41. The number of aromatic nitrogens is 1. The number of hydrogen-bond acceptors (Lipinski definition) is 5. The van der Waals surface area contributed by atoms with Crippen LogP contribution in [0.4, 0.5) is 0 Å². The third kappa shape index (κ3) is 3.26. The molecule has 23 heavy (non-hydrogen) atoms. The summed E-state index contributed by atoms with van der Waals surface area (Å²) in [5.74, 6) is 2.37. The number of hydrogen-bond donors (Lipinski definition) is 1. The van der Waals surface area contributed by atoms with Crippen LogP contribution in [0.3, 0.4) is 0 Å². The van der Waals surface area contributed by atoms with E-state index in [-0.39, 0.29) is 6.10 Å².